The molecule has 19 heavy (non-hydrogen) atoms. The Morgan fingerprint density at radius 3 is 2.84 bits per heavy atom. The molecule has 0 bridgehead atoms. The Labute approximate surface area is 120 Å². The fourth-order valence-corrected chi connectivity index (χ4v) is 2.75. The highest BCUT2D eigenvalue weighted by Gasteiger charge is 2.23. The summed E-state index contributed by atoms with van der Waals surface area (Å²) in [5.74, 6) is 0.593. The fraction of sp³-hybridized carbons (Fsp3) is 0.533. The van der Waals surface area contributed by atoms with Crippen LogP contribution in [0.4, 0.5) is 5.69 Å². The lowest BCUT2D eigenvalue weighted by Crippen LogP contribution is -2.39. The summed E-state index contributed by atoms with van der Waals surface area (Å²) in [6.45, 7) is 7.55. The summed E-state index contributed by atoms with van der Waals surface area (Å²) in [5, 5.41) is 12.9. The van der Waals surface area contributed by atoms with Crippen LogP contribution >= 0.6 is 11.6 Å². The maximum absolute atomic E-state index is 8.95. The molecule has 0 radical (unpaired) electrons. The summed E-state index contributed by atoms with van der Waals surface area (Å²) in [6, 6.07) is 8.36. The summed E-state index contributed by atoms with van der Waals surface area (Å²) in [4.78, 5) is 2.41. The van der Waals surface area contributed by atoms with E-state index in [-0.39, 0.29) is 0 Å². The highest BCUT2D eigenvalue weighted by Crippen LogP contribution is 2.27. The number of hydrogen-bond donors (Lipinski definition) is 1. The van der Waals surface area contributed by atoms with E-state index in [1.807, 2.05) is 18.2 Å². The van der Waals surface area contributed by atoms with E-state index in [1.165, 1.54) is 0 Å². The van der Waals surface area contributed by atoms with Crippen molar-refractivity contribution < 1.29 is 0 Å². The normalized spacial score (nSPS) is 18.6. The molecule has 1 N–H and O–H groups in total. The average Bonchev–Trinajstić information content (AvgIpc) is 2.89. The number of rotatable bonds is 4. The number of nitrogens with zero attached hydrogens (tertiary/aromatic N) is 2. The van der Waals surface area contributed by atoms with Crippen molar-refractivity contribution in [1.82, 2.24) is 5.32 Å². The van der Waals surface area contributed by atoms with Gasteiger partial charge in [0.05, 0.1) is 10.6 Å². The zero-order chi connectivity index (χ0) is 13.8. The molecule has 102 valence electrons. The topological polar surface area (TPSA) is 39.1 Å². The van der Waals surface area contributed by atoms with E-state index >= 15 is 0 Å². The largest absolute Gasteiger partial charge is 0.367 e. The highest BCUT2D eigenvalue weighted by atomic mass is 35.5. The van der Waals surface area contributed by atoms with Gasteiger partial charge < -0.3 is 10.2 Å². The standard InChI is InChI=1S/C15H20ClN3/c1-11(2)10-19(14-5-6-18-9-14)13-4-3-12(8-17)15(16)7-13/h3-4,7,11,14,18H,5-6,9-10H2,1-2H3/t14-/m0/s1. The Morgan fingerprint density at radius 1 is 1.53 bits per heavy atom. The third-order valence-corrected chi connectivity index (χ3v) is 3.75. The summed E-state index contributed by atoms with van der Waals surface area (Å²) in [6.07, 6.45) is 1.16. The van der Waals surface area contributed by atoms with Crippen LogP contribution in [-0.4, -0.2) is 25.7 Å². The van der Waals surface area contributed by atoms with Gasteiger partial charge in [0.2, 0.25) is 0 Å². The van der Waals surface area contributed by atoms with Gasteiger partial charge >= 0.3 is 0 Å². The fourth-order valence-electron chi connectivity index (χ4n) is 2.54. The Kier molecular flexibility index (Phi) is 4.68. The van der Waals surface area contributed by atoms with Gasteiger partial charge in [-0.15, -0.1) is 0 Å². The molecular formula is C15H20ClN3. The van der Waals surface area contributed by atoms with Gasteiger partial charge in [-0.25, -0.2) is 0 Å². The molecule has 0 aromatic heterocycles. The Hall–Kier alpha value is -1.24. The van der Waals surface area contributed by atoms with Crippen LogP contribution in [0.15, 0.2) is 18.2 Å². The third-order valence-electron chi connectivity index (χ3n) is 3.44. The van der Waals surface area contributed by atoms with Gasteiger partial charge in [0, 0.05) is 24.8 Å². The van der Waals surface area contributed by atoms with Gasteiger partial charge in [0.25, 0.3) is 0 Å². The van der Waals surface area contributed by atoms with Crippen LogP contribution in [0.3, 0.4) is 0 Å². The molecule has 4 heteroatoms. The van der Waals surface area contributed by atoms with E-state index in [9.17, 15) is 0 Å². The Balaban J connectivity index is 2.26. The van der Waals surface area contributed by atoms with Crippen molar-refractivity contribution in [3.63, 3.8) is 0 Å². The van der Waals surface area contributed by atoms with Crippen molar-refractivity contribution in [2.24, 2.45) is 5.92 Å². The van der Waals surface area contributed by atoms with Crippen molar-refractivity contribution >= 4 is 17.3 Å². The molecule has 1 aliphatic rings. The van der Waals surface area contributed by atoms with Crippen LogP contribution < -0.4 is 10.2 Å². The first kappa shape index (κ1) is 14.2. The second kappa shape index (κ2) is 6.27. The predicted octanol–water partition coefficient (Wildman–Crippen LogP) is 3.04. The van der Waals surface area contributed by atoms with Gasteiger partial charge in [0.15, 0.2) is 0 Å². The maximum Gasteiger partial charge on any atom is 0.101 e. The number of anilines is 1. The van der Waals surface area contributed by atoms with Crippen molar-refractivity contribution in [2.45, 2.75) is 26.3 Å². The second-order valence-electron chi connectivity index (χ2n) is 5.47. The number of halogens is 1. The molecule has 1 aromatic rings. The lowest BCUT2D eigenvalue weighted by molar-refractivity contribution is 0.550. The molecule has 0 amide bonds. The summed E-state index contributed by atoms with van der Waals surface area (Å²) < 4.78 is 0. The molecule has 3 nitrogen and oxygen atoms in total. The summed E-state index contributed by atoms with van der Waals surface area (Å²) in [5.41, 5.74) is 1.66. The number of nitrogens with one attached hydrogen (secondary N) is 1. The van der Waals surface area contributed by atoms with Crippen molar-refractivity contribution in [3.05, 3.63) is 28.8 Å². The van der Waals surface area contributed by atoms with Crippen LogP contribution in [0.1, 0.15) is 25.8 Å². The molecule has 1 aromatic carbocycles. The minimum Gasteiger partial charge on any atom is -0.367 e. The summed E-state index contributed by atoms with van der Waals surface area (Å²) >= 11 is 6.15. The van der Waals surface area contributed by atoms with Gasteiger partial charge in [0.1, 0.15) is 6.07 Å². The molecule has 1 atom stereocenters. The molecule has 2 rings (SSSR count). The molecule has 0 unspecified atom stereocenters. The number of nitriles is 1. The molecule has 1 aliphatic heterocycles. The quantitative estimate of drug-likeness (QED) is 0.919. The smallest absolute Gasteiger partial charge is 0.101 e. The van der Waals surface area contributed by atoms with E-state index < -0.39 is 0 Å². The van der Waals surface area contributed by atoms with Crippen molar-refractivity contribution in [2.75, 3.05) is 24.5 Å². The lowest BCUT2D eigenvalue weighted by atomic mass is 10.1. The van der Waals surface area contributed by atoms with Gasteiger partial charge in [-0.2, -0.15) is 5.26 Å². The zero-order valence-corrected chi connectivity index (χ0v) is 12.2. The van der Waals surface area contributed by atoms with Crippen LogP contribution in [0.25, 0.3) is 0 Å². The van der Waals surface area contributed by atoms with Crippen LogP contribution in [-0.2, 0) is 0 Å². The average molecular weight is 278 g/mol. The molecule has 1 saturated heterocycles. The van der Waals surface area contributed by atoms with Crippen molar-refractivity contribution in [1.29, 1.82) is 5.26 Å². The Bertz CT molecular complexity index is 473. The van der Waals surface area contributed by atoms with Gasteiger partial charge in [-0.1, -0.05) is 25.4 Å². The molecule has 1 heterocycles. The van der Waals surface area contributed by atoms with Gasteiger partial charge in [-0.05, 0) is 37.1 Å². The second-order valence-corrected chi connectivity index (χ2v) is 5.88. The molecular weight excluding hydrogens is 258 g/mol. The van der Waals surface area contributed by atoms with E-state index in [0.29, 0.717) is 22.5 Å². The molecule has 1 fully saturated rings. The SMILES string of the molecule is CC(C)CN(c1ccc(C#N)c(Cl)c1)[C@H]1CCNC1. The first-order valence-electron chi connectivity index (χ1n) is 6.79. The lowest BCUT2D eigenvalue weighted by Gasteiger charge is -2.32. The number of benzene rings is 1. The zero-order valence-electron chi connectivity index (χ0n) is 11.5. The van der Waals surface area contributed by atoms with E-state index in [0.717, 1.165) is 31.7 Å². The minimum absolute atomic E-state index is 0.520. The molecule has 0 saturated carbocycles. The monoisotopic (exact) mass is 277 g/mol. The number of hydrogen-bond acceptors (Lipinski definition) is 3. The first-order chi connectivity index (χ1) is 9.11. The van der Waals surface area contributed by atoms with E-state index in [1.54, 1.807) is 0 Å². The first-order valence-corrected chi connectivity index (χ1v) is 7.16. The molecule has 0 spiro atoms. The van der Waals surface area contributed by atoms with Gasteiger partial charge in [-0.3, -0.25) is 0 Å². The van der Waals surface area contributed by atoms with Crippen LogP contribution in [0.5, 0.6) is 0 Å². The predicted molar refractivity (Wildman–Crippen MR) is 79.6 cm³/mol. The Morgan fingerprint density at radius 2 is 2.32 bits per heavy atom. The van der Waals surface area contributed by atoms with E-state index in [2.05, 4.69) is 30.1 Å². The molecule has 0 aliphatic carbocycles. The maximum atomic E-state index is 8.95. The van der Waals surface area contributed by atoms with Crippen LogP contribution in [0.2, 0.25) is 5.02 Å². The highest BCUT2D eigenvalue weighted by molar-refractivity contribution is 6.32. The van der Waals surface area contributed by atoms with Crippen molar-refractivity contribution in [3.8, 4) is 6.07 Å². The van der Waals surface area contributed by atoms with Crippen LogP contribution in [0, 0.1) is 17.2 Å². The third kappa shape index (κ3) is 3.40. The summed E-state index contributed by atoms with van der Waals surface area (Å²) in [7, 11) is 0. The minimum atomic E-state index is 0.520. The van der Waals surface area contributed by atoms with E-state index in [4.69, 9.17) is 16.9 Å².